The van der Waals surface area contributed by atoms with Gasteiger partial charge >= 0.3 is 5.63 Å². The highest BCUT2D eigenvalue weighted by molar-refractivity contribution is 6.02. The van der Waals surface area contributed by atoms with E-state index in [1.54, 1.807) is 0 Å². The van der Waals surface area contributed by atoms with Crippen LogP contribution in [0.5, 0.6) is 0 Å². The van der Waals surface area contributed by atoms with Gasteiger partial charge in [0.2, 0.25) is 11.8 Å². The number of carbonyl (C=O) groups excluding carboxylic acids is 2. The second-order valence-corrected chi connectivity index (χ2v) is 5.40. The fraction of sp³-hybridized carbons (Fsp3) is 0.312. The summed E-state index contributed by atoms with van der Waals surface area (Å²) in [5.41, 5.74) is 2.75. The summed E-state index contributed by atoms with van der Waals surface area (Å²) < 4.78 is 5.21. The van der Waals surface area contributed by atoms with Gasteiger partial charge in [0.25, 0.3) is 0 Å². The van der Waals surface area contributed by atoms with Gasteiger partial charge in [-0.3, -0.25) is 14.5 Å². The maximum atomic E-state index is 11.7. The van der Waals surface area contributed by atoms with E-state index in [0.29, 0.717) is 11.1 Å². The van der Waals surface area contributed by atoms with Gasteiger partial charge in [0, 0.05) is 24.3 Å². The molecular weight excluding hydrogens is 270 g/mol. The van der Waals surface area contributed by atoms with Crippen molar-refractivity contribution in [3.8, 4) is 0 Å². The minimum absolute atomic E-state index is 0.127. The molecule has 0 saturated carbocycles. The summed E-state index contributed by atoms with van der Waals surface area (Å²) >= 11 is 0. The lowest BCUT2D eigenvalue weighted by atomic mass is 10.0. The van der Waals surface area contributed by atoms with Gasteiger partial charge in [-0.1, -0.05) is 0 Å². The largest absolute Gasteiger partial charge is 0.423 e. The van der Waals surface area contributed by atoms with E-state index in [4.69, 9.17) is 4.42 Å². The van der Waals surface area contributed by atoms with Gasteiger partial charge in [-0.15, -0.1) is 0 Å². The Morgan fingerprint density at radius 2 is 1.62 bits per heavy atom. The van der Waals surface area contributed by atoms with E-state index in [-0.39, 0.29) is 31.2 Å². The van der Waals surface area contributed by atoms with E-state index in [2.05, 4.69) is 0 Å². The summed E-state index contributed by atoms with van der Waals surface area (Å²) in [6.07, 6.45) is 0.493. The predicted octanol–water partition coefficient (Wildman–Crippen LogP) is 2.06. The maximum Gasteiger partial charge on any atom is 0.336 e. The van der Waals surface area contributed by atoms with Crippen molar-refractivity contribution in [2.75, 3.05) is 0 Å². The molecule has 0 spiro atoms. The molecule has 1 saturated heterocycles. The maximum absolute atomic E-state index is 11.7. The van der Waals surface area contributed by atoms with Gasteiger partial charge < -0.3 is 4.42 Å². The van der Waals surface area contributed by atoms with Gasteiger partial charge in [-0.2, -0.15) is 0 Å². The first-order chi connectivity index (χ1) is 9.95. The number of rotatable bonds is 2. The lowest BCUT2D eigenvalue weighted by Crippen LogP contribution is -2.28. The van der Waals surface area contributed by atoms with Crippen molar-refractivity contribution in [2.45, 2.75) is 33.2 Å². The van der Waals surface area contributed by atoms with Gasteiger partial charge in [-0.05, 0) is 42.7 Å². The molecule has 21 heavy (non-hydrogen) atoms. The van der Waals surface area contributed by atoms with Crippen LogP contribution in [0.1, 0.15) is 29.5 Å². The number of likely N-dealkylation sites (tertiary alicyclic amines) is 1. The molecule has 3 rings (SSSR count). The summed E-state index contributed by atoms with van der Waals surface area (Å²) in [7, 11) is 0. The molecule has 1 aliphatic heterocycles. The number of nitrogens with zero attached hydrogens (tertiary/aromatic N) is 1. The average Bonchev–Trinajstić information content (AvgIpc) is 2.73. The zero-order valence-corrected chi connectivity index (χ0v) is 11.9. The number of hydrogen-bond acceptors (Lipinski definition) is 4. The topological polar surface area (TPSA) is 67.6 Å². The van der Waals surface area contributed by atoms with Crippen LogP contribution in [0.3, 0.4) is 0 Å². The van der Waals surface area contributed by atoms with E-state index in [0.717, 1.165) is 16.5 Å². The van der Waals surface area contributed by atoms with Crippen molar-refractivity contribution < 1.29 is 14.0 Å². The zero-order chi connectivity index (χ0) is 15.1. The summed E-state index contributed by atoms with van der Waals surface area (Å²) in [4.78, 5) is 36.4. The molecule has 1 aliphatic rings. The second kappa shape index (κ2) is 4.84. The highest BCUT2D eigenvalue weighted by Gasteiger charge is 2.29. The number of hydrogen-bond donors (Lipinski definition) is 0. The Labute approximate surface area is 121 Å². The highest BCUT2D eigenvalue weighted by atomic mass is 16.4. The smallest absolute Gasteiger partial charge is 0.336 e. The van der Waals surface area contributed by atoms with Gasteiger partial charge in [0.1, 0.15) is 5.58 Å². The van der Waals surface area contributed by atoms with Crippen molar-refractivity contribution in [3.05, 3.63) is 45.3 Å². The van der Waals surface area contributed by atoms with E-state index in [9.17, 15) is 14.4 Å². The summed E-state index contributed by atoms with van der Waals surface area (Å²) in [6, 6.07) is 5.09. The summed E-state index contributed by atoms with van der Waals surface area (Å²) in [5.74, 6) is -0.379. The second-order valence-electron chi connectivity index (χ2n) is 5.40. The molecular formula is C16H15NO4. The van der Waals surface area contributed by atoms with Crippen LogP contribution in [-0.4, -0.2) is 16.7 Å². The van der Waals surface area contributed by atoms with Crippen LogP contribution in [0.25, 0.3) is 11.0 Å². The van der Waals surface area contributed by atoms with E-state index in [1.807, 2.05) is 26.0 Å². The van der Waals surface area contributed by atoms with Crippen LogP contribution < -0.4 is 5.63 Å². The molecule has 0 unspecified atom stereocenters. The third kappa shape index (κ3) is 2.35. The molecule has 0 N–H and O–H groups in total. The Kier molecular flexibility index (Phi) is 3.12. The van der Waals surface area contributed by atoms with Crippen LogP contribution in [0, 0.1) is 13.8 Å². The molecule has 108 valence electrons. The number of amides is 2. The summed E-state index contributed by atoms with van der Waals surface area (Å²) in [5, 5.41) is 0.769. The number of carbonyl (C=O) groups is 2. The standard InChI is InChI=1S/C16H15NO4/c1-9-5-12-11(8-17-14(18)3-4-15(17)19)7-16(20)21-13(12)6-10(9)2/h5-7H,3-4,8H2,1-2H3. The molecule has 2 amide bonds. The van der Waals surface area contributed by atoms with Crippen molar-refractivity contribution in [1.82, 2.24) is 4.90 Å². The Morgan fingerprint density at radius 1 is 1.00 bits per heavy atom. The minimum Gasteiger partial charge on any atom is -0.423 e. The molecule has 0 radical (unpaired) electrons. The Bertz CT molecular complexity index is 803. The first-order valence-electron chi connectivity index (χ1n) is 6.83. The monoisotopic (exact) mass is 285 g/mol. The highest BCUT2D eigenvalue weighted by Crippen LogP contribution is 2.24. The molecule has 0 aliphatic carbocycles. The van der Waals surface area contributed by atoms with Crippen molar-refractivity contribution in [2.24, 2.45) is 0 Å². The van der Waals surface area contributed by atoms with Crippen LogP contribution in [0.15, 0.2) is 27.4 Å². The minimum atomic E-state index is -0.472. The Morgan fingerprint density at radius 3 is 2.29 bits per heavy atom. The average molecular weight is 285 g/mol. The predicted molar refractivity (Wildman–Crippen MR) is 76.7 cm³/mol. The number of benzene rings is 1. The van der Waals surface area contributed by atoms with Gasteiger partial charge in [0.15, 0.2) is 0 Å². The van der Waals surface area contributed by atoms with Crippen LogP contribution in [0.4, 0.5) is 0 Å². The third-order valence-corrected chi connectivity index (χ3v) is 3.93. The lowest BCUT2D eigenvalue weighted by Gasteiger charge is -2.15. The Balaban J connectivity index is 2.13. The van der Waals surface area contributed by atoms with Crippen LogP contribution in [-0.2, 0) is 16.1 Å². The fourth-order valence-electron chi connectivity index (χ4n) is 2.58. The SMILES string of the molecule is Cc1cc2oc(=O)cc(CN3C(=O)CCC3=O)c2cc1C. The number of aryl methyl sites for hydroxylation is 2. The molecule has 0 bridgehead atoms. The van der Waals surface area contributed by atoms with E-state index >= 15 is 0 Å². The van der Waals surface area contributed by atoms with Crippen molar-refractivity contribution in [3.63, 3.8) is 0 Å². The fourth-order valence-corrected chi connectivity index (χ4v) is 2.58. The number of fused-ring (bicyclic) bond motifs is 1. The van der Waals surface area contributed by atoms with Crippen molar-refractivity contribution >= 4 is 22.8 Å². The van der Waals surface area contributed by atoms with Crippen LogP contribution >= 0.6 is 0 Å². The number of imide groups is 1. The zero-order valence-electron chi connectivity index (χ0n) is 11.9. The first kappa shape index (κ1) is 13.5. The molecule has 2 aromatic rings. The first-order valence-corrected chi connectivity index (χ1v) is 6.83. The van der Waals surface area contributed by atoms with E-state index < -0.39 is 5.63 Å². The lowest BCUT2D eigenvalue weighted by molar-refractivity contribution is -0.139. The molecule has 1 aromatic heterocycles. The van der Waals surface area contributed by atoms with Gasteiger partial charge in [-0.25, -0.2) is 4.79 Å². The van der Waals surface area contributed by atoms with Crippen LogP contribution in [0.2, 0.25) is 0 Å². The van der Waals surface area contributed by atoms with Crippen molar-refractivity contribution in [1.29, 1.82) is 0 Å². The molecule has 1 fully saturated rings. The molecule has 1 aromatic carbocycles. The molecule has 2 heterocycles. The molecule has 5 nitrogen and oxygen atoms in total. The van der Waals surface area contributed by atoms with Gasteiger partial charge in [0.05, 0.1) is 6.54 Å². The molecule has 0 atom stereocenters. The quantitative estimate of drug-likeness (QED) is 0.625. The third-order valence-electron chi connectivity index (χ3n) is 3.93. The normalized spacial score (nSPS) is 15.2. The Hall–Kier alpha value is -2.43. The molecule has 5 heteroatoms. The summed E-state index contributed by atoms with van der Waals surface area (Å²) in [6.45, 7) is 4.03. The van der Waals surface area contributed by atoms with E-state index in [1.165, 1.54) is 11.0 Å².